The van der Waals surface area contributed by atoms with Crippen molar-refractivity contribution in [3.05, 3.63) is 16.1 Å². The topological polar surface area (TPSA) is 49.3 Å². The van der Waals surface area contributed by atoms with Crippen LogP contribution < -0.4 is 10.6 Å². The first-order chi connectivity index (χ1) is 9.90. The summed E-state index contributed by atoms with van der Waals surface area (Å²) in [6.45, 7) is 13.6. The number of aryl methyl sites for hydroxylation is 1. The molecule has 1 heterocycles. The van der Waals surface area contributed by atoms with E-state index in [1.807, 2.05) is 6.20 Å². The number of nitrogens with zero attached hydrogens (tertiary/aromatic N) is 2. The van der Waals surface area contributed by atoms with E-state index in [1.54, 1.807) is 11.3 Å². The van der Waals surface area contributed by atoms with Gasteiger partial charge in [0.1, 0.15) is 0 Å². The van der Waals surface area contributed by atoms with E-state index in [0.717, 1.165) is 38.4 Å². The van der Waals surface area contributed by atoms with Crippen LogP contribution in [0.5, 0.6) is 0 Å². The number of hydrogen-bond acceptors (Lipinski definition) is 3. The normalized spacial score (nSPS) is 12.0. The van der Waals surface area contributed by atoms with Gasteiger partial charge in [0.05, 0.1) is 5.01 Å². The summed E-state index contributed by atoms with van der Waals surface area (Å²) in [4.78, 5) is 10.3. The molecule has 6 heteroatoms. The van der Waals surface area contributed by atoms with Crippen LogP contribution in [0.15, 0.2) is 11.2 Å². The fraction of sp³-hybridized carbons (Fsp3) is 0.750. The molecule has 1 rings (SSSR count). The second kappa shape index (κ2) is 11.2. The Morgan fingerprint density at radius 1 is 1.32 bits per heavy atom. The van der Waals surface area contributed by atoms with E-state index >= 15 is 0 Å². The molecule has 0 aromatic carbocycles. The van der Waals surface area contributed by atoms with Crippen LogP contribution >= 0.6 is 35.3 Å². The van der Waals surface area contributed by atoms with Crippen LogP contribution in [0.2, 0.25) is 0 Å². The molecule has 0 radical (unpaired) electrons. The smallest absolute Gasteiger partial charge is 0.191 e. The molecule has 0 atom stereocenters. The van der Waals surface area contributed by atoms with E-state index in [-0.39, 0.29) is 24.0 Å². The largest absolute Gasteiger partial charge is 0.357 e. The lowest BCUT2D eigenvalue weighted by Gasteiger charge is -2.17. The predicted molar refractivity (Wildman–Crippen MR) is 109 cm³/mol. The van der Waals surface area contributed by atoms with Crippen molar-refractivity contribution in [3.63, 3.8) is 0 Å². The van der Waals surface area contributed by atoms with E-state index in [2.05, 4.69) is 55.2 Å². The average Bonchev–Trinajstić information content (AvgIpc) is 2.79. The molecule has 0 saturated heterocycles. The van der Waals surface area contributed by atoms with Gasteiger partial charge in [-0.1, -0.05) is 20.8 Å². The zero-order chi connectivity index (χ0) is 15.7. The van der Waals surface area contributed by atoms with Gasteiger partial charge < -0.3 is 10.6 Å². The summed E-state index contributed by atoms with van der Waals surface area (Å²) in [5.41, 5.74) is 0.393. The van der Waals surface area contributed by atoms with Crippen LogP contribution in [0.4, 0.5) is 0 Å². The van der Waals surface area contributed by atoms with Crippen LogP contribution in [-0.4, -0.2) is 30.6 Å². The highest BCUT2D eigenvalue weighted by Gasteiger charge is 2.08. The number of nitrogens with one attached hydrogen (secondary N) is 2. The number of thiazole rings is 1. The molecule has 0 aliphatic heterocycles. The van der Waals surface area contributed by atoms with Crippen molar-refractivity contribution in [3.8, 4) is 0 Å². The van der Waals surface area contributed by atoms with Crippen molar-refractivity contribution in [1.82, 2.24) is 15.6 Å². The van der Waals surface area contributed by atoms with Crippen molar-refractivity contribution in [1.29, 1.82) is 0 Å². The lowest BCUT2D eigenvalue weighted by atomic mass is 9.91. The van der Waals surface area contributed by atoms with Crippen molar-refractivity contribution in [2.75, 3.05) is 19.6 Å². The third-order valence-electron chi connectivity index (χ3n) is 3.00. The van der Waals surface area contributed by atoms with Crippen LogP contribution in [0, 0.1) is 12.3 Å². The minimum atomic E-state index is 0. The molecular weight excluding hydrogens is 407 g/mol. The minimum Gasteiger partial charge on any atom is -0.357 e. The highest BCUT2D eigenvalue weighted by Crippen LogP contribution is 2.20. The number of aliphatic imine (C=N–C) groups is 1. The molecule has 0 saturated carbocycles. The van der Waals surface area contributed by atoms with Crippen molar-refractivity contribution >= 4 is 41.3 Å². The Balaban J connectivity index is 0.00000441. The summed E-state index contributed by atoms with van der Waals surface area (Å²) < 4.78 is 0. The maximum absolute atomic E-state index is 4.63. The standard InChI is InChI=1S/C16H30N4S.HI/c1-6-17-15(18-10-7-9-16(3,4)5)19-11-8-14-20-12-13(2)21-14;/h12H,6-11H2,1-5H3,(H2,17,18,19);1H. The molecule has 0 bridgehead atoms. The molecule has 1 aromatic heterocycles. The highest BCUT2D eigenvalue weighted by molar-refractivity contribution is 14.0. The van der Waals surface area contributed by atoms with Gasteiger partial charge in [-0.15, -0.1) is 35.3 Å². The summed E-state index contributed by atoms with van der Waals surface area (Å²) >= 11 is 1.77. The molecule has 1 aromatic rings. The van der Waals surface area contributed by atoms with Crippen LogP contribution in [0.3, 0.4) is 0 Å². The molecule has 0 amide bonds. The number of aromatic nitrogens is 1. The van der Waals surface area contributed by atoms with Crippen molar-refractivity contribution < 1.29 is 0 Å². The fourth-order valence-corrected chi connectivity index (χ4v) is 2.73. The molecule has 4 nitrogen and oxygen atoms in total. The van der Waals surface area contributed by atoms with Gasteiger partial charge in [0.15, 0.2) is 5.96 Å². The summed E-state index contributed by atoms with van der Waals surface area (Å²) in [6.07, 6.45) is 5.22. The third-order valence-corrected chi connectivity index (χ3v) is 3.97. The fourth-order valence-electron chi connectivity index (χ4n) is 1.95. The third kappa shape index (κ3) is 10.4. The summed E-state index contributed by atoms with van der Waals surface area (Å²) in [5.74, 6) is 0.916. The van der Waals surface area contributed by atoms with Gasteiger partial charge in [0.2, 0.25) is 0 Å². The van der Waals surface area contributed by atoms with Gasteiger partial charge in [-0.3, -0.25) is 4.99 Å². The molecule has 0 spiro atoms. The van der Waals surface area contributed by atoms with Gasteiger partial charge in [-0.2, -0.15) is 0 Å². The molecule has 0 fully saturated rings. The van der Waals surface area contributed by atoms with E-state index in [9.17, 15) is 0 Å². The van der Waals surface area contributed by atoms with Crippen LogP contribution in [-0.2, 0) is 6.42 Å². The van der Waals surface area contributed by atoms with Crippen molar-refractivity contribution in [2.45, 2.75) is 53.9 Å². The number of halogens is 1. The Morgan fingerprint density at radius 3 is 2.59 bits per heavy atom. The second-order valence-corrected chi connectivity index (χ2v) is 7.79. The quantitative estimate of drug-likeness (QED) is 0.293. The molecule has 0 unspecified atom stereocenters. The lowest BCUT2D eigenvalue weighted by molar-refractivity contribution is 0.368. The average molecular weight is 438 g/mol. The molecular formula is C16H31IN4S. The van der Waals surface area contributed by atoms with Gasteiger partial charge in [0, 0.05) is 37.1 Å². The Kier molecular flexibility index (Phi) is 11.0. The summed E-state index contributed by atoms with van der Waals surface area (Å²) in [7, 11) is 0. The van der Waals surface area contributed by atoms with Gasteiger partial charge in [-0.25, -0.2) is 4.98 Å². The summed E-state index contributed by atoms with van der Waals surface area (Å²) in [6, 6.07) is 0. The maximum Gasteiger partial charge on any atom is 0.191 e. The maximum atomic E-state index is 4.63. The Hall–Kier alpha value is -0.370. The Labute approximate surface area is 156 Å². The van der Waals surface area contributed by atoms with E-state index in [1.165, 1.54) is 16.3 Å². The van der Waals surface area contributed by atoms with Gasteiger partial charge in [-0.05, 0) is 32.1 Å². The SMILES string of the molecule is CCNC(=NCCCC(C)(C)C)NCCc1ncc(C)s1.I. The first kappa shape index (κ1) is 21.6. The van der Waals surface area contributed by atoms with Gasteiger partial charge >= 0.3 is 0 Å². The van der Waals surface area contributed by atoms with E-state index in [4.69, 9.17) is 0 Å². The Bertz CT molecular complexity index is 438. The number of guanidine groups is 1. The summed E-state index contributed by atoms with van der Waals surface area (Å²) in [5, 5.41) is 7.86. The Morgan fingerprint density at radius 2 is 2.05 bits per heavy atom. The predicted octanol–water partition coefficient (Wildman–Crippen LogP) is 3.99. The van der Waals surface area contributed by atoms with Gasteiger partial charge in [0.25, 0.3) is 0 Å². The highest BCUT2D eigenvalue weighted by atomic mass is 127. The second-order valence-electron chi connectivity index (χ2n) is 6.47. The first-order valence-corrected chi connectivity index (χ1v) is 8.66. The molecule has 0 aliphatic rings. The van der Waals surface area contributed by atoms with Crippen LogP contribution in [0.25, 0.3) is 0 Å². The molecule has 22 heavy (non-hydrogen) atoms. The molecule has 2 N–H and O–H groups in total. The lowest BCUT2D eigenvalue weighted by Crippen LogP contribution is -2.38. The number of hydrogen-bond donors (Lipinski definition) is 2. The van der Waals surface area contributed by atoms with Crippen molar-refractivity contribution in [2.24, 2.45) is 10.4 Å². The zero-order valence-electron chi connectivity index (χ0n) is 14.5. The molecule has 0 aliphatic carbocycles. The van der Waals surface area contributed by atoms with E-state index in [0.29, 0.717) is 5.41 Å². The minimum absolute atomic E-state index is 0. The van der Waals surface area contributed by atoms with E-state index < -0.39 is 0 Å². The van der Waals surface area contributed by atoms with Crippen LogP contribution in [0.1, 0.15) is 50.4 Å². The molecule has 128 valence electrons. The first-order valence-electron chi connectivity index (χ1n) is 7.84. The zero-order valence-corrected chi connectivity index (χ0v) is 17.7. The monoisotopic (exact) mass is 438 g/mol. The number of rotatable bonds is 7.